The number of carboxylic acid groups (broad SMARTS) is 1. The second-order valence-electron chi connectivity index (χ2n) is 2.49. The lowest BCUT2D eigenvalue weighted by atomic mass is 10.2. The minimum absolute atomic E-state index is 0.149. The highest BCUT2D eigenvalue weighted by Gasteiger charge is 2.15. The summed E-state index contributed by atoms with van der Waals surface area (Å²) in [4.78, 5) is 14.8. The summed E-state index contributed by atoms with van der Waals surface area (Å²) in [5, 5.41) is 12.6. The van der Waals surface area contributed by atoms with E-state index in [2.05, 4.69) is 14.6 Å². The molecule has 0 bridgehead atoms. The van der Waals surface area contributed by atoms with Crippen LogP contribution in [0.1, 0.15) is 9.67 Å². The molecular weight excluding hydrogens is 202 g/mol. The Kier molecular flexibility index (Phi) is 2.19. The molecule has 0 fully saturated rings. The Labute approximate surface area is 83.2 Å². The number of carboxylic acids is 1. The average molecular weight is 207 g/mol. The number of aromatic carboxylic acids is 1. The zero-order chi connectivity index (χ0) is 9.97. The van der Waals surface area contributed by atoms with Gasteiger partial charge in [-0.05, 0) is 23.7 Å². The lowest BCUT2D eigenvalue weighted by molar-refractivity contribution is 0.0702. The van der Waals surface area contributed by atoms with Gasteiger partial charge in [-0.15, -0.1) is 5.10 Å². The molecule has 0 saturated heterocycles. The highest BCUT2D eigenvalue weighted by Crippen LogP contribution is 2.22. The normalized spacial score (nSPS) is 10.0. The first-order valence-electron chi connectivity index (χ1n) is 3.75. The Balaban J connectivity index is 2.52. The molecule has 6 heteroatoms. The van der Waals surface area contributed by atoms with Crippen LogP contribution < -0.4 is 0 Å². The predicted molar refractivity (Wildman–Crippen MR) is 50.1 cm³/mol. The molecule has 2 aromatic rings. The van der Waals surface area contributed by atoms with E-state index in [1.807, 2.05) is 0 Å². The van der Waals surface area contributed by atoms with Crippen LogP contribution in [0.25, 0.3) is 11.3 Å². The van der Waals surface area contributed by atoms with Gasteiger partial charge in [0, 0.05) is 18.0 Å². The molecule has 0 saturated carbocycles. The molecule has 0 aliphatic carbocycles. The summed E-state index contributed by atoms with van der Waals surface area (Å²) in [7, 11) is 0. The molecule has 2 aromatic heterocycles. The van der Waals surface area contributed by atoms with Crippen molar-refractivity contribution in [3.8, 4) is 11.3 Å². The van der Waals surface area contributed by atoms with E-state index in [4.69, 9.17) is 5.11 Å². The van der Waals surface area contributed by atoms with Crippen LogP contribution >= 0.6 is 11.5 Å². The summed E-state index contributed by atoms with van der Waals surface area (Å²) >= 11 is 0.871. The van der Waals surface area contributed by atoms with E-state index in [9.17, 15) is 4.79 Å². The zero-order valence-corrected chi connectivity index (χ0v) is 7.73. The van der Waals surface area contributed by atoms with E-state index in [0.717, 1.165) is 11.5 Å². The minimum atomic E-state index is -1.01. The second kappa shape index (κ2) is 3.51. The Morgan fingerprint density at radius 2 is 2.07 bits per heavy atom. The van der Waals surface area contributed by atoms with Crippen molar-refractivity contribution in [1.82, 2.24) is 14.6 Å². The van der Waals surface area contributed by atoms with Gasteiger partial charge in [0.2, 0.25) is 0 Å². The van der Waals surface area contributed by atoms with E-state index in [0.29, 0.717) is 11.3 Å². The third kappa shape index (κ3) is 1.47. The molecule has 14 heavy (non-hydrogen) atoms. The van der Waals surface area contributed by atoms with Gasteiger partial charge in [-0.2, -0.15) is 0 Å². The number of pyridine rings is 1. The van der Waals surface area contributed by atoms with Gasteiger partial charge >= 0.3 is 5.97 Å². The highest BCUT2D eigenvalue weighted by molar-refractivity contribution is 7.08. The average Bonchev–Trinajstić information content (AvgIpc) is 2.67. The van der Waals surface area contributed by atoms with Crippen LogP contribution in [0.4, 0.5) is 0 Å². The quantitative estimate of drug-likeness (QED) is 0.803. The van der Waals surface area contributed by atoms with Crippen molar-refractivity contribution in [2.75, 3.05) is 0 Å². The molecule has 70 valence electrons. The maximum atomic E-state index is 10.8. The van der Waals surface area contributed by atoms with Crippen molar-refractivity contribution in [2.45, 2.75) is 0 Å². The maximum absolute atomic E-state index is 10.8. The first-order valence-corrected chi connectivity index (χ1v) is 4.52. The summed E-state index contributed by atoms with van der Waals surface area (Å²) in [5.74, 6) is -1.01. The molecule has 2 heterocycles. The first-order chi connectivity index (χ1) is 6.79. The number of aromatic nitrogens is 3. The molecule has 0 aromatic carbocycles. The molecule has 2 rings (SSSR count). The van der Waals surface area contributed by atoms with Crippen molar-refractivity contribution < 1.29 is 9.90 Å². The topological polar surface area (TPSA) is 76.0 Å². The van der Waals surface area contributed by atoms with Gasteiger partial charge in [0.15, 0.2) is 4.88 Å². The Morgan fingerprint density at radius 1 is 1.36 bits per heavy atom. The standard InChI is InChI=1S/C8H5N3O2S/c12-8(13)7-6(10-11-14-7)5-1-3-9-4-2-5/h1-4H,(H,12,13). The molecule has 0 aliphatic rings. The summed E-state index contributed by atoms with van der Waals surface area (Å²) in [6, 6.07) is 3.40. The Morgan fingerprint density at radius 3 is 2.71 bits per heavy atom. The van der Waals surface area contributed by atoms with Crippen molar-refractivity contribution in [1.29, 1.82) is 0 Å². The second-order valence-corrected chi connectivity index (χ2v) is 3.25. The van der Waals surface area contributed by atoms with Crippen LogP contribution in [-0.2, 0) is 0 Å². The molecule has 1 N–H and O–H groups in total. The van der Waals surface area contributed by atoms with Crippen molar-refractivity contribution in [3.05, 3.63) is 29.4 Å². The van der Waals surface area contributed by atoms with Gasteiger partial charge in [-0.25, -0.2) is 4.79 Å². The van der Waals surface area contributed by atoms with E-state index in [-0.39, 0.29) is 4.88 Å². The van der Waals surface area contributed by atoms with Crippen LogP contribution in [0.2, 0.25) is 0 Å². The number of carbonyl (C=O) groups is 1. The summed E-state index contributed by atoms with van der Waals surface area (Å²) in [6.07, 6.45) is 3.17. The predicted octanol–water partition coefficient (Wildman–Crippen LogP) is 1.30. The van der Waals surface area contributed by atoms with Gasteiger partial charge < -0.3 is 5.11 Å². The van der Waals surface area contributed by atoms with Gasteiger partial charge in [0.05, 0.1) is 0 Å². The SMILES string of the molecule is O=C(O)c1snnc1-c1ccncc1. The van der Waals surface area contributed by atoms with E-state index in [1.165, 1.54) is 0 Å². The van der Waals surface area contributed by atoms with Crippen LogP contribution in [0, 0.1) is 0 Å². The smallest absolute Gasteiger partial charge is 0.349 e. The number of hydrogen-bond acceptors (Lipinski definition) is 5. The van der Waals surface area contributed by atoms with E-state index < -0.39 is 5.97 Å². The molecule has 0 atom stereocenters. The molecule has 5 nitrogen and oxygen atoms in total. The van der Waals surface area contributed by atoms with Gasteiger partial charge in [0.1, 0.15) is 5.69 Å². The van der Waals surface area contributed by atoms with Gasteiger partial charge in [-0.3, -0.25) is 4.98 Å². The lowest BCUT2D eigenvalue weighted by Gasteiger charge is -1.95. The number of hydrogen-bond donors (Lipinski definition) is 1. The zero-order valence-electron chi connectivity index (χ0n) is 6.91. The largest absolute Gasteiger partial charge is 0.477 e. The van der Waals surface area contributed by atoms with Crippen LogP contribution in [0.3, 0.4) is 0 Å². The fraction of sp³-hybridized carbons (Fsp3) is 0. The van der Waals surface area contributed by atoms with Crippen LogP contribution in [0.15, 0.2) is 24.5 Å². The first kappa shape index (κ1) is 8.76. The molecule has 0 unspecified atom stereocenters. The van der Waals surface area contributed by atoms with Gasteiger partial charge in [0.25, 0.3) is 0 Å². The summed E-state index contributed by atoms with van der Waals surface area (Å²) in [6.45, 7) is 0. The van der Waals surface area contributed by atoms with Crippen molar-refractivity contribution in [2.24, 2.45) is 0 Å². The lowest BCUT2D eigenvalue weighted by Crippen LogP contribution is -1.95. The van der Waals surface area contributed by atoms with Crippen molar-refractivity contribution >= 4 is 17.5 Å². The fourth-order valence-corrected chi connectivity index (χ4v) is 1.56. The monoisotopic (exact) mass is 207 g/mol. The molecule has 0 radical (unpaired) electrons. The van der Waals surface area contributed by atoms with E-state index in [1.54, 1.807) is 24.5 Å². The van der Waals surface area contributed by atoms with Crippen molar-refractivity contribution in [3.63, 3.8) is 0 Å². The highest BCUT2D eigenvalue weighted by atomic mass is 32.1. The molecule has 0 amide bonds. The minimum Gasteiger partial charge on any atom is -0.477 e. The van der Waals surface area contributed by atoms with E-state index >= 15 is 0 Å². The maximum Gasteiger partial charge on any atom is 0.349 e. The Bertz CT molecular complexity index is 455. The third-order valence-corrected chi connectivity index (χ3v) is 2.35. The Hall–Kier alpha value is -1.82. The summed E-state index contributed by atoms with van der Waals surface area (Å²) < 4.78 is 3.61. The molecular formula is C8H5N3O2S. The fourth-order valence-electron chi connectivity index (χ4n) is 1.03. The molecule has 0 spiro atoms. The summed E-state index contributed by atoms with van der Waals surface area (Å²) in [5.41, 5.74) is 1.11. The van der Waals surface area contributed by atoms with Crippen LogP contribution in [-0.4, -0.2) is 25.6 Å². The van der Waals surface area contributed by atoms with Gasteiger partial charge in [-0.1, -0.05) is 4.49 Å². The van der Waals surface area contributed by atoms with Crippen LogP contribution in [0.5, 0.6) is 0 Å². The third-order valence-electron chi connectivity index (χ3n) is 1.64. The number of rotatable bonds is 2. The molecule has 0 aliphatic heterocycles. The number of nitrogens with zero attached hydrogens (tertiary/aromatic N) is 3.